The fourth-order valence-corrected chi connectivity index (χ4v) is 4.62. The van der Waals surface area contributed by atoms with E-state index in [1.165, 1.54) is 29.7 Å². The van der Waals surface area contributed by atoms with Gasteiger partial charge in [-0.2, -0.15) is 0 Å². The second kappa shape index (κ2) is 9.54. The molecule has 0 spiro atoms. The predicted molar refractivity (Wildman–Crippen MR) is 126 cm³/mol. The molecule has 0 unspecified atom stereocenters. The largest absolute Gasteiger partial charge is 0.358 e. The second-order valence-electron chi connectivity index (χ2n) is 8.21. The molecule has 1 aromatic heterocycles. The molecule has 0 saturated heterocycles. The van der Waals surface area contributed by atoms with Crippen molar-refractivity contribution in [1.29, 1.82) is 0 Å². The molecule has 0 aliphatic heterocycles. The van der Waals surface area contributed by atoms with E-state index in [0.29, 0.717) is 12.1 Å². The lowest BCUT2D eigenvalue weighted by Crippen LogP contribution is -2.28. The van der Waals surface area contributed by atoms with Crippen molar-refractivity contribution in [2.75, 3.05) is 20.1 Å². The zero-order valence-electron chi connectivity index (χ0n) is 17.5. The van der Waals surface area contributed by atoms with Crippen LogP contribution >= 0.6 is 12.2 Å². The number of benzene rings is 2. The second-order valence-corrected chi connectivity index (χ2v) is 8.62. The van der Waals surface area contributed by atoms with Crippen LogP contribution in [-0.4, -0.2) is 35.9 Å². The van der Waals surface area contributed by atoms with Crippen LogP contribution in [0.3, 0.4) is 0 Å². The summed E-state index contributed by atoms with van der Waals surface area (Å²) in [7, 11) is 2.11. The van der Waals surface area contributed by atoms with Crippen LogP contribution in [0.2, 0.25) is 0 Å². The van der Waals surface area contributed by atoms with E-state index in [9.17, 15) is 4.79 Å². The number of nitrogens with zero attached hydrogens (tertiary/aromatic N) is 1. The molecule has 1 aliphatic rings. The minimum absolute atomic E-state index is 0.0327. The molecule has 1 amide bonds. The van der Waals surface area contributed by atoms with Crippen molar-refractivity contribution in [3.63, 3.8) is 0 Å². The third kappa shape index (κ3) is 4.79. The van der Waals surface area contributed by atoms with E-state index in [4.69, 9.17) is 12.2 Å². The summed E-state index contributed by atoms with van der Waals surface area (Å²) in [6.45, 7) is 2.51. The quantitative estimate of drug-likeness (QED) is 0.417. The summed E-state index contributed by atoms with van der Waals surface area (Å²) in [5.74, 6) is -0.0327. The first kappa shape index (κ1) is 20.8. The third-order valence-electron chi connectivity index (χ3n) is 5.85. The average Bonchev–Trinajstić information content (AvgIpc) is 2.77. The molecule has 156 valence electrons. The highest BCUT2D eigenvalue weighted by molar-refractivity contribution is 7.71. The molecule has 0 saturated carbocycles. The van der Waals surface area contributed by atoms with Gasteiger partial charge in [0.2, 0.25) is 0 Å². The fourth-order valence-electron chi connectivity index (χ4n) is 4.23. The van der Waals surface area contributed by atoms with E-state index in [1.54, 1.807) is 0 Å². The van der Waals surface area contributed by atoms with E-state index in [2.05, 4.69) is 46.5 Å². The maximum absolute atomic E-state index is 12.7. The topological polar surface area (TPSA) is 48.1 Å². The van der Waals surface area contributed by atoms with Crippen LogP contribution in [0.15, 0.2) is 48.5 Å². The summed E-state index contributed by atoms with van der Waals surface area (Å²) in [4.78, 5) is 18.5. The van der Waals surface area contributed by atoms with Gasteiger partial charge >= 0.3 is 0 Å². The van der Waals surface area contributed by atoms with Gasteiger partial charge in [0, 0.05) is 35.2 Å². The highest BCUT2D eigenvalue weighted by Gasteiger charge is 2.15. The van der Waals surface area contributed by atoms with Gasteiger partial charge in [-0.1, -0.05) is 42.5 Å². The lowest BCUT2D eigenvalue weighted by atomic mass is 9.94. The first-order chi connectivity index (χ1) is 14.6. The summed E-state index contributed by atoms with van der Waals surface area (Å²) in [6.07, 6.45) is 5.42. The summed E-state index contributed by atoms with van der Waals surface area (Å²) in [6, 6.07) is 16.3. The fraction of sp³-hybridized carbons (Fsp3) is 0.360. The third-order valence-corrected chi connectivity index (χ3v) is 6.32. The lowest BCUT2D eigenvalue weighted by molar-refractivity contribution is 0.0952. The Morgan fingerprint density at radius 1 is 1.13 bits per heavy atom. The Morgan fingerprint density at radius 2 is 1.93 bits per heavy atom. The van der Waals surface area contributed by atoms with Crippen molar-refractivity contribution in [3.05, 3.63) is 75.4 Å². The molecule has 2 N–H and O–H groups in total. The van der Waals surface area contributed by atoms with E-state index in [1.807, 2.05) is 24.3 Å². The van der Waals surface area contributed by atoms with Gasteiger partial charge < -0.3 is 15.2 Å². The molecule has 1 heterocycles. The van der Waals surface area contributed by atoms with Gasteiger partial charge in [-0.05, 0) is 75.0 Å². The maximum atomic E-state index is 12.7. The van der Waals surface area contributed by atoms with Gasteiger partial charge in [0.1, 0.15) is 0 Å². The minimum Gasteiger partial charge on any atom is -0.358 e. The number of fused-ring (bicyclic) bond motifs is 2. The number of carbonyl (C=O) groups excluding carboxylic acids is 1. The Morgan fingerprint density at radius 3 is 2.77 bits per heavy atom. The summed E-state index contributed by atoms with van der Waals surface area (Å²) < 4.78 is 0.913. The van der Waals surface area contributed by atoms with Crippen molar-refractivity contribution >= 4 is 29.0 Å². The molecule has 0 atom stereocenters. The van der Waals surface area contributed by atoms with Crippen LogP contribution < -0.4 is 5.32 Å². The van der Waals surface area contributed by atoms with E-state index < -0.39 is 0 Å². The SMILES string of the molecule is CN(CCCNC(=O)c1ccc2[nH]c3c(c(=S)c2c1)CCCC3)Cc1ccccc1. The standard InChI is InChI=1S/C25H29N3OS/c1-28(17-18-8-3-2-4-9-18)15-7-14-26-25(29)19-12-13-23-21(16-19)24(30)20-10-5-6-11-22(20)27-23/h2-4,8-9,12-13,16H,5-7,10-11,14-15,17H2,1H3,(H,26,29)(H,27,30). The average molecular weight is 420 g/mol. The highest BCUT2D eigenvalue weighted by atomic mass is 32.1. The Hall–Kier alpha value is -2.50. The number of pyridine rings is 1. The Balaban J connectivity index is 1.34. The van der Waals surface area contributed by atoms with Crippen LogP contribution in [0.5, 0.6) is 0 Å². The van der Waals surface area contributed by atoms with E-state index in [0.717, 1.165) is 47.8 Å². The Bertz CT molecular complexity index is 1090. The molecule has 0 fully saturated rings. The molecule has 4 rings (SSSR count). The first-order valence-corrected chi connectivity index (χ1v) is 11.2. The van der Waals surface area contributed by atoms with Crippen LogP contribution in [0, 0.1) is 4.51 Å². The van der Waals surface area contributed by atoms with Crippen LogP contribution in [-0.2, 0) is 19.4 Å². The highest BCUT2D eigenvalue weighted by Crippen LogP contribution is 2.26. The van der Waals surface area contributed by atoms with Crippen molar-refractivity contribution in [2.45, 2.75) is 38.6 Å². The van der Waals surface area contributed by atoms with Gasteiger partial charge in [-0.25, -0.2) is 0 Å². The number of aryl methyl sites for hydroxylation is 1. The predicted octanol–water partition coefficient (Wildman–Crippen LogP) is 5.03. The number of nitrogens with one attached hydrogen (secondary N) is 2. The van der Waals surface area contributed by atoms with Crippen molar-refractivity contribution in [3.8, 4) is 0 Å². The summed E-state index contributed by atoms with van der Waals surface area (Å²) in [5.41, 5.74) is 5.55. The molecule has 0 bridgehead atoms. The van der Waals surface area contributed by atoms with E-state index in [-0.39, 0.29) is 5.91 Å². The number of hydrogen-bond donors (Lipinski definition) is 2. The molecule has 0 radical (unpaired) electrons. The van der Waals surface area contributed by atoms with Crippen molar-refractivity contribution in [1.82, 2.24) is 15.2 Å². The normalized spacial score (nSPS) is 13.4. The molecule has 5 heteroatoms. The van der Waals surface area contributed by atoms with Crippen molar-refractivity contribution < 1.29 is 4.79 Å². The van der Waals surface area contributed by atoms with E-state index >= 15 is 0 Å². The smallest absolute Gasteiger partial charge is 0.251 e. The van der Waals surface area contributed by atoms with Gasteiger partial charge in [0.05, 0.1) is 4.51 Å². The van der Waals surface area contributed by atoms with Crippen molar-refractivity contribution in [2.24, 2.45) is 0 Å². The van der Waals surface area contributed by atoms with Gasteiger partial charge in [0.25, 0.3) is 5.91 Å². The monoisotopic (exact) mass is 419 g/mol. The summed E-state index contributed by atoms with van der Waals surface area (Å²) >= 11 is 5.76. The number of rotatable bonds is 7. The molecule has 30 heavy (non-hydrogen) atoms. The van der Waals surface area contributed by atoms with Gasteiger partial charge in [-0.15, -0.1) is 0 Å². The number of H-pyrrole nitrogens is 1. The molecule has 4 nitrogen and oxygen atoms in total. The molecule has 3 aromatic rings. The molecular weight excluding hydrogens is 390 g/mol. The van der Waals surface area contributed by atoms with Gasteiger partial charge in [-0.3, -0.25) is 4.79 Å². The van der Waals surface area contributed by atoms with Gasteiger partial charge in [0.15, 0.2) is 0 Å². The number of amides is 1. The Labute approximate surface area is 183 Å². The maximum Gasteiger partial charge on any atom is 0.251 e. The molecular formula is C25H29N3OS. The minimum atomic E-state index is -0.0327. The number of aromatic nitrogens is 1. The number of carbonyl (C=O) groups is 1. The molecule has 1 aliphatic carbocycles. The molecule has 2 aromatic carbocycles. The zero-order chi connectivity index (χ0) is 20.9. The number of hydrogen-bond acceptors (Lipinski definition) is 3. The lowest BCUT2D eigenvalue weighted by Gasteiger charge is -2.18. The van der Waals surface area contributed by atoms with Crippen LogP contribution in [0.1, 0.15) is 46.4 Å². The summed E-state index contributed by atoms with van der Waals surface area (Å²) in [5, 5.41) is 4.04. The number of aromatic amines is 1. The van der Waals surface area contributed by atoms with Crippen LogP contribution in [0.4, 0.5) is 0 Å². The first-order valence-electron chi connectivity index (χ1n) is 10.8. The zero-order valence-corrected chi connectivity index (χ0v) is 18.4. The Kier molecular flexibility index (Phi) is 6.60. The van der Waals surface area contributed by atoms with Crippen LogP contribution in [0.25, 0.3) is 10.9 Å².